The predicted octanol–water partition coefficient (Wildman–Crippen LogP) is 1.16. The number of phenolic OH excluding ortho intramolecular Hbond substituents is 1. The molecule has 0 aliphatic rings. The van der Waals surface area contributed by atoms with Gasteiger partial charge in [0.25, 0.3) is 0 Å². The maximum Gasteiger partial charge on any atom is 0.408 e. The van der Waals surface area contributed by atoms with E-state index in [1.165, 1.54) is 19.1 Å². The van der Waals surface area contributed by atoms with Crippen LogP contribution in [0.1, 0.15) is 93.7 Å². The van der Waals surface area contributed by atoms with Gasteiger partial charge in [-0.1, -0.05) is 70.2 Å². The van der Waals surface area contributed by atoms with Gasteiger partial charge in [0.2, 0.25) is 41.4 Å². The number of hydrogen-bond donors (Lipinski definition) is 9. The molecule has 0 spiro atoms. The van der Waals surface area contributed by atoms with Gasteiger partial charge in [-0.25, -0.2) is 4.79 Å². The molecule has 0 aromatic heterocycles. The van der Waals surface area contributed by atoms with E-state index >= 15 is 0 Å². The molecule has 2 aromatic carbocycles. The summed E-state index contributed by atoms with van der Waals surface area (Å²) < 4.78 is 10.8. The molecule has 364 valence electrons. The molecule has 6 atom stereocenters. The van der Waals surface area contributed by atoms with Gasteiger partial charge in [-0.15, -0.1) is 0 Å². The molecule has 0 heterocycles. The van der Waals surface area contributed by atoms with Gasteiger partial charge < -0.3 is 57.5 Å². The summed E-state index contributed by atoms with van der Waals surface area (Å²) in [5.74, 6) is -7.67. The Labute approximate surface area is 386 Å². The number of primary amides is 1. The molecule has 8 amide bonds. The van der Waals surface area contributed by atoms with Crippen molar-refractivity contribution in [2.24, 2.45) is 17.6 Å². The number of nitrogens with two attached hydrogens (primary N) is 1. The molecule has 0 bridgehead atoms. The fourth-order valence-electron chi connectivity index (χ4n) is 6.14. The Hall–Kier alpha value is -6.73. The van der Waals surface area contributed by atoms with E-state index in [1.807, 2.05) is 0 Å². The normalized spacial score (nSPS) is 14.2. The summed E-state index contributed by atoms with van der Waals surface area (Å²) in [6.45, 7) is 17.2. The number of nitrogens with one attached hydrogen (secondary N) is 7. The lowest BCUT2D eigenvalue weighted by molar-refractivity contribution is -0.156. The second-order valence-electron chi connectivity index (χ2n) is 18.5. The Kier molecular flexibility index (Phi) is 21.1. The zero-order chi connectivity index (χ0) is 50.1. The smallest absolute Gasteiger partial charge is 0.408 e. The summed E-state index contributed by atoms with van der Waals surface area (Å²) in [7, 11) is 0. The number of carbonyl (C=O) groups excluding carboxylic acids is 9. The Morgan fingerprint density at radius 2 is 1.00 bits per heavy atom. The van der Waals surface area contributed by atoms with Crippen LogP contribution in [0.15, 0.2) is 54.6 Å². The molecule has 0 saturated carbocycles. The third kappa shape index (κ3) is 20.4. The molecule has 10 N–H and O–H groups in total. The number of hydrogen-bond acceptors (Lipinski definition) is 12. The van der Waals surface area contributed by atoms with Crippen LogP contribution in [0.3, 0.4) is 0 Å². The third-order valence-corrected chi connectivity index (χ3v) is 9.41. The van der Waals surface area contributed by atoms with E-state index in [9.17, 15) is 48.3 Å². The summed E-state index contributed by atoms with van der Waals surface area (Å²) in [4.78, 5) is 120. The first-order valence-electron chi connectivity index (χ1n) is 21.7. The summed E-state index contributed by atoms with van der Waals surface area (Å²) in [6.07, 6.45) is -1.76. The van der Waals surface area contributed by atoms with E-state index in [-0.39, 0.29) is 18.6 Å². The van der Waals surface area contributed by atoms with Gasteiger partial charge in [-0.05, 0) is 83.6 Å². The van der Waals surface area contributed by atoms with Crippen LogP contribution in [0.25, 0.3) is 0 Å². The Balaban J connectivity index is 2.43. The van der Waals surface area contributed by atoms with Crippen LogP contribution in [-0.4, -0.2) is 113 Å². The van der Waals surface area contributed by atoms with Crippen molar-refractivity contribution in [3.8, 4) is 5.75 Å². The van der Waals surface area contributed by atoms with Crippen LogP contribution in [-0.2, 0) is 60.7 Å². The van der Waals surface area contributed by atoms with Crippen LogP contribution in [0, 0.1) is 11.8 Å². The molecule has 0 aliphatic carbocycles. The van der Waals surface area contributed by atoms with Gasteiger partial charge in [-0.2, -0.15) is 0 Å². The van der Waals surface area contributed by atoms with E-state index in [2.05, 4.69) is 37.2 Å². The summed E-state index contributed by atoms with van der Waals surface area (Å²) >= 11 is 0. The van der Waals surface area contributed by atoms with Crippen LogP contribution in [0.5, 0.6) is 5.75 Å². The van der Waals surface area contributed by atoms with Gasteiger partial charge >= 0.3 is 12.1 Å². The highest BCUT2D eigenvalue weighted by molar-refractivity contribution is 5.98. The van der Waals surface area contributed by atoms with Gasteiger partial charge in [0, 0.05) is 12.8 Å². The molecule has 20 nitrogen and oxygen atoms in total. The SMILES string of the molecule is CC(C)[C@H](NC(=O)[C@H](CC(=O)OC(C)(C)C)NC(=O)[C@H](Cc1ccccc1)NC(=O)[C@@H](C)NC(=O)[C@H](Cc1ccc(O)cc1)NC(=O)OC(C)(C)C)C(=O)N[C@H](C(=O)NCC(N)=O)C(C)C. The highest BCUT2D eigenvalue weighted by atomic mass is 16.6. The lowest BCUT2D eigenvalue weighted by Crippen LogP contribution is -2.61. The average molecular weight is 925 g/mol. The lowest BCUT2D eigenvalue weighted by atomic mass is 9.99. The van der Waals surface area contributed by atoms with Gasteiger partial charge in [0.15, 0.2) is 0 Å². The first-order chi connectivity index (χ1) is 30.5. The number of ether oxygens (including phenoxy) is 2. The topological polar surface area (TPSA) is 303 Å². The molecule has 20 heteroatoms. The van der Waals surface area contributed by atoms with Crippen molar-refractivity contribution in [3.05, 3.63) is 65.7 Å². The van der Waals surface area contributed by atoms with Gasteiger partial charge in [0.1, 0.15) is 53.2 Å². The maximum absolute atomic E-state index is 14.3. The van der Waals surface area contributed by atoms with Crippen molar-refractivity contribution in [2.45, 2.75) is 143 Å². The molecule has 0 radical (unpaired) electrons. The van der Waals surface area contributed by atoms with Crippen molar-refractivity contribution >= 4 is 53.4 Å². The highest BCUT2D eigenvalue weighted by Gasteiger charge is 2.36. The largest absolute Gasteiger partial charge is 0.508 e. The highest BCUT2D eigenvalue weighted by Crippen LogP contribution is 2.15. The average Bonchev–Trinajstić information content (AvgIpc) is 3.19. The molecule has 0 unspecified atom stereocenters. The number of alkyl carbamates (subject to hydrolysis) is 1. The van der Waals surface area contributed by atoms with Crippen molar-refractivity contribution in [1.82, 2.24) is 37.2 Å². The molecule has 0 aliphatic heterocycles. The van der Waals surface area contributed by atoms with Crippen molar-refractivity contribution < 1.29 is 57.7 Å². The Morgan fingerprint density at radius 1 is 0.545 bits per heavy atom. The summed E-state index contributed by atoms with van der Waals surface area (Å²) in [5, 5.41) is 27.5. The van der Waals surface area contributed by atoms with Crippen LogP contribution < -0.4 is 43.0 Å². The monoisotopic (exact) mass is 924 g/mol. The molecule has 0 saturated heterocycles. The minimum absolute atomic E-state index is 0.0128. The zero-order valence-corrected chi connectivity index (χ0v) is 39.7. The number of esters is 1. The molecular formula is C46H68N8O12. The van der Waals surface area contributed by atoms with Gasteiger partial charge in [0.05, 0.1) is 13.0 Å². The molecule has 2 aromatic rings. The van der Waals surface area contributed by atoms with Crippen molar-refractivity contribution in [2.75, 3.05) is 6.54 Å². The number of rotatable bonds is 22. The number of benzene rings is 2. The van der Waals surface area contributed by atoms with E-state index in [0.29, 0.717) is 11.1 Å². The minimum Gasteiger partial charge on any atom is -0.508 e. The zero-order valence-electron chi connectivity index (χ0n) is 39.7. The Morgan fingerprint density at radius 3 is 1.52 bits per heavy atom. The summed E-state index contributed by atoms with van der Waals surface area (Å²) in [5.41, 5.74) is 4.43. The first kappa shape index (κ1) is 55.4. The van der Waals surface area contributed by atoms with Crippen molar-refractivity contribution in [1.29, 1.82) is 0 Å². The van der Waals surface area contributed by atoms with Crippen LogP contribution in [0.4, 0.5) is 4.79 Å². The second kappa shape index (κ2) is 25.1. The van der Waals surface area contributed by atoms with Gasteiger partial charge in [-0.3, -0.25) is 38.4 Å². The van der Waals surface area contributed by atoms with Crippen LogP contribution >= 0.6 is 0 Å². The number of amides is 8. The number of carbonyl (C=O) groups is 9. The third-order valence-electron chi connectivity index (χ3n) is 9.41. The molecular weight excluding hydrogens is 857 g/mol. The predicted molar refractivity (Wildman–Crippen MR) is 243 cm³/mol. The lowest BCUT2D eigenvalue weighted by Gasteiger charge is -2.29. The quantitative estimate of drug-likeness (QED) is 0.0752. The standard InChI is InChI=1S/C46H68N8O12/c1-25(2)36(42(62)48-24-34(47)56)54-43(63)37(26(3)4)53-41(61)33(23-35(57)65-45(6,7)8)51-40(60)31(21-28-15-13-12-14-16-28)50-38(58)27(5)49-39(59)32(52-44(64)66-46(9,10)11)22-29-17-19-30(55)20-18-29/h12-20,25-27,31-33,36-37,55H,21-24H2,1-11H3,(H2,47,56)(H,48,62)(H,49,59)(H,50,58)(H,51,60)(H,52,64)(H,53,61)(H,54,63)/t27-,31+,32+,33+,36+,37+/m1/s1. The van der Waals surface area contributed by atoms with E-state index in [0.717, 1.165) is 0 Å². The van der Waals surface area contributed by atoms with Crippen molar-refractivity contribution in [3.63, 3.8) is 0 Å². The van der Waals surface area contributed by atoms with Crippen LogP contribution in [0.2, 0.25) is 0 Å². The second-order valence-corrected chi connectivity index (χ2v) is 18.5. The Bertz CT molecular complexity index is 2010. The summed E-state index contributed by atoms with van der Waals surface area (Å²) in [6, 6.07) is 6.45. The van der Waals surface area contributed by atoms with E-state index in [1.54, 1.807) is 112 Å². The fourth-order valence-corrected chi connectivity index (χ4v) is 6.14. The number of phenols is 1. The molecule has 0 fully saturated rings. The minimum atomic E-state index is -1.66. The van der Waals surface area contributed by atoms with E-state index in [4.69, 9.17) is 15.2 Å². The van der Waals surface area contributed by atoms with E-state index < -0.39 is 126 Å². The number of aromatic hydroxyl groups is 1. The maximum atomic E-state index is 14.3. The first-order valence-corrected chi connectivity index (χ1v) is 21.7. The molecule has 66 heavy (non-hydrogen) atoms. The fraction of sp³-hybridized carbons (Fsp3) is 0.543. The molecule has 2 rings (SSSR count).